The first-order chi connectivity index (χ1) is 8.31. The maximum atomic E-state index is 5.97. The Hall–Kier alpha value is -0.380. The molecule has 2 N–H and O–H groups in total. The molecule has 1 aromatic rings. The summed E-state index contributed by atoms with van der Waals surface area (Å²) in [5.74, 6) is 0.684. The number of unbranched alkanes of at least 4 members (excludes halogenated alkanes) is 1. The van der Waals surface area contributed by atoms with Gasteiger partial charge in [-0.2, -0.15) is 0 Å². The lowest BCUT2D eigenvalue weighted by Gasteiger charge is -2.19. The Bertz CT molecular complexity index is 274. The van der Waals surface area contributed by atoms with E-state index in [1.54, 1.807) is 11.3 Å². The molecule has 0 spiro atoms. The Morgan fingerprint density at radius 1 is 1.41 bits per heavy atom. The van der Waals surface area contributed by atoms with Crippen molar-refractivity contribution in [3.63, 3.8) is 0 Å². The van der Waals surface area contributed by atoms with Crippen LogP contribution in [0.5, 0.6) is 0 Å². The zero-order valence-electron chi connectivity index (χ0n) is 11.0. The number of nitrogens with two attached hydrogens (primary N) is 1. The maximum Gasteiger partial charge on any atom is 0.104 e. The summed E-state index contributed by atoms with van der Waals surface area (Å²) in [6.07, 6.45) is 5.12. The predicted molar refractivity (Wildman–Crippen MR) is 75.4 cm³/mol. The molecule has 0 aliphatic rings. The van der Waals surface area contributed by atoms with Crippen molar-refractivity contribution >= 4 is 11.3 Å². The first-order valence-electron chi connectivity index (χ1n) is 6.66. The van der Waals surface area contributed by atoms with Crippen LogP contribution in [-0.4, -0.2) is 13.2 Å². The third-order valence-electron chi connectivity index (χ3n) is 3.15. The second-order valence-electron chi connectivity index (χ2n) is 4.49. The van der Waals surface area contributed by atoms with Crippen molar-refractivity contribution < 1.29 is 4.74 Å². The highest BCUT2D eigenvalue weighted by Gasteiger charge is 2.14. The highest BCUT2D eigenvalue weighted by Crippen LogP contribution is 2.23. The Labute approximate surface area is 109 Å². The fourth-order valence-corrected chi connectivity index (χ4v) is 2.68. The number of ether oxygens (including phenoxy) is 1. The molecule has 2 atom stereocenters. The van der Waals surface area contributed by atoms with Gasteiger partial charge >= 0.3 is 0 Å². The molecule has 0 amide bonds. The molecule has 17 heavy (non-hydrogen) atoms. The van der Waals surface area contributed by atoms with Crippen LogP contribution in [-0.2, 0) is 4.74 Å². The number of thiophene rings is 1. The minimum absolute atomic E-state index is 0.0886. The molecular formula is C14H25NOS. The van der Waals surface area contributed by atoms with Gasteiger partial charge < -0.3 is 10.5 Å². The zero-order valence-corrected chi connectivity index (χ0v) is 11.8. The highest BCUT2D eigenvalue weighted by molar-refractivity contribution is 7.10. The summed E-state index contributed by atoms with van der Waals surface area (Å²) in [4.78, 5) is 1.25. The van der Waals surface area contributed by atoms with E-state index in [0.29, 0.717) is 12.5 Å². The molecule has 1 rings (SSSR count). The molecule has 2 nitrogen and oxygen atoms in total. The first kappa shape index (κ1) is 14.7. The molecule has 0 aliphatic carbocycles. The van der Waals surface area contributed by atoms with Crippen molar-refractivity contribution in [2.75, 3.05) is 13.2 Å². The fourth-order valence-electron chi connectivity index (χ4n) is 1.89. The van der Waals surface area contributed by atoms with Gasteiger partial charge in [-0.1, -0.05) is 39.2 Å². The first-order valence-corrected chi connectivity index (χ1v) is 7.54. The van der Waals surface area contributed by atoms with Crippen molar-refractivity contribution in [3.8, 4) is 0 Å². The summed E-state index contributed by atoms with van der Waals surface area (Å²) in [7, 11) is 0. The van der Waals surface area contributed by atoms with Crippen molar-refractivity contribution in [1.29, 1.82) is 0 Å². The van der Waals surface area contributed by atoms with Crippen LogP contribution in [0.25, 0.3) is 0 Å². The van der Waals surface area contributed by atoms with E-state index in [4.69, 9.17) is 10.5 Å². The van der Waals surface area contributed by atoms with E-state index in [-0.39, 0.29) is 6.10 Å². The molecule has 0 aliphatic heterocycles. The smallest absolute Gasteiger partial charge is 0.104 e. The zero-order chi connectivity index (χ0) is 12.5. The number of rotatable bonds is 9. The lowest BCUT2D eigenvalue weighted by molar-refractivity contribution is 0.0319. The Kier molecular flexibility index (Phi) is 7.49. The van der Waals surface area contributed by atoms with Crippen molar-refractivity contribution in [3.05, 3.63) is 22.4 Å². The van der Waals surface area contributed by atoms with E-state index in [9.17, 15) is 0 Å². The second kappa shape index (κ2) is 8.67. The molecule has 0 fully saturated rings. The molecule has 0 saturated carbocycles. The minimum Gasteiger partial charge on any atom is -0.371 e. The molecular weight excluding hydrogens is 230 g/mol. The van der Waals surface area contributed by atoms with Crippen LogP contribution in [0.3, 0.4) is 0 Å². The van der Waals surface area contributed by atoms with Crippen LogP contribution in [0.4, 0.5) is 0 Å². The Morgan fingerprint density at radius 3 is 2.76 bits per heavy atom. The second-order valence-corrected chi connectivity index (χ2v) is 5.47. The summed E-state index contributed by atoms with van der Waals surface area (Å²) in [6, 6.07) is 4.16. The van der Waals surface area contributed by atoms with E-state index < -0.39 is 0 Å². The van der Waals surface area contributed by atoms with Crippen LogP contribution in [0.1, 0.15) is 50.5 Å². The lowest BCUT2D eigenvalue weighted by atomic mass is 10.0. The van der Waals surface area contributed by atoms with Gasteiger partial charge in [-0.05, 0) is 23.8 Å². The molecule has 1 aromatic heterocycles. The van der Waals surface area contributed by atoms with Gasteiger partial charge in [-0.3, -0.25) is 0 Å². The predicted octanol–water partition coefficient (Wildman–Crippen LogP) is 3.98. The normalized spacial score (nSPS) is 14.8. The van der Waals surface area contributed by atoms with Crippen LogP contribution in [0.2, 0.25) is 0 Å². The van der Waals surface area contributed by atoms with Crippen molar-refractivity contribution in [1.82, 2.24) is 0 Å². The summed E-state index contributed by atoms with van der Waals surface area (Å²) in [5.41, 5.74) is 5.77. The standard InChI is InChI=1S/C14H25NOS/c1-3-5-7-12(4-2)11-16-13(10-15)14-8-6-9-17-14/h6,8-9,12-13H,3-5,7,10-11,15H2,1-2H3. The van der Waals surface area contributed by atoms with E-state index in [1.165, 1.54) is 30.6 Å². The Balaban J connectivity index is 2.35. The van der Waals surface area contributed by atoms with E-state index >= 15 is 0 Å². The molecule has 3 heteroatoms. The quantitative estimate of drug-likeness (QED) is 0.724. The minimum atomic E-state index is 0.0886. The van der Waals surface area contributed by atoms with Gasteiger partial charge in [-0.15, -0.1) is 11.3 Å². The lowest BCUT2D eigenvalue weighted by Crippen LogP contribution is -2.18. The van der Waals surface area contributed by atoms with E-state index in [2.05, 4.69) is 31.4 Å². The molecule has 0 radical (unpaired) electrons. The van der Waals surface area contributed by atoms with Gasteiger partial charge in [0.1, 0.15) is 6.10 Å². The van der Waals surface area contributed by atoms with Crippen LogP contribution in [0, 0.1) is 5.92 Å². The molecule has 0 aromatic carbocycles. The molecule has 0 bridgehead atoms. The average Bonchev–Trinajstić information content (AvgIpc) is 2.87. The molecule has 1 heterocycles. The van der Waals surface area contributed by atoms with Gasteiger partial charge in [0.15, 0.2) is 0 Å². The van der Waals surface area contributed by atoms with Crippen LogP contribution in [0.15, 0.2) is 17.5 Å². The van der Waals surface area contributed by atoms with E-state index in [1.807, 2.05) is 0 Å². The Morgan fingerprint density at radius 2 is 2.24 bits per heavy atom. The van der Waals surface area contributed by atoms with Crippen molar-refractivity contribution in [2.45, 2.75) is 45.6 Å². The summed E-state index contributed by atoms with van der Waals surface area (Å²) in [6.45, 7) is 5.90. The van der Waals surface area contributed by atoms with E-state index in [0.717, 1.165) is 6.61 Å². The van der Waals surface area contributed by atoms with Crippen LogP contribution >= 0.6 is 11.3 Å². The largest absolute Gasteiger partial charge is 0.371 e. The SMILES string of the molecule is CCCCC(CC)COC(CN)c1cccs1. The van der Waals surface area contributed by atoms with Crippen LogP contribution < -0.4 is 5.73 Å². The van der Waals surface area contributed by atoms with Gasteiger partial charge in [0.25, 0.3) is 0 Å². The average molecular weight is 255 g/mol. The molecule has 98 valence electrons. The topological polar surface area (TPSA) is 35.2 Å². The molecule has 2 unspecified atom stereocenters. The van der Waals surface area contributed by atoms with Crippen molar-refractivity contribution in [2.24, 2.45) is 11.7 Å². The van der Waals surface area contributed by atoms with Gasteiger partial charge in [0, 0.05) is 11.4 Å². The highest BCUT2D eigenvalue weighted by atomic mass is 32.1. The number of hydrogen-bond acceptors (Lipinski definition) is 3. The molecule has 0 saturated heterocycles. The van der Waals surface area contributed by atoms with Gasteiger partial charge in [-0.25, -0.2) is 0 Å². The summed E-state index contributed by atoms with van der Waals surface area (Å²) < 4.78 is 5.97. The van der Waals surface area contributed by atoms with Gasteiger partial charge in [0.2, 0.25) is 0 Å². The maximum absolute atomic E-state index is 5.97. The fraction of sp³-hybridized carbons (Fsp3) is 0.714. The third-order valence-corrected chi connectivity index (χ3v) is 4.12. The summed E-state index contributed by atoms with van der Waals surface area (Å²) >= 11 is 1.73. The monoisotopic (exact) mass is 255 g/mol. The third kappa shape index (κ3) is 5.19. The summed E-state index contributed by atoms with van der Waals surface area (Å²) in [5, 5.41) is 2.08. The number of hydrogen-bond donors (Lipinski definition) is 1. The van der Waals surface area contributed by atoms with Gasteiger partial charge in [0.05, 0.1) is 6.61 Å².